The molecule has 1 unspecified atom stereocenters. The molecular weight excluding hydrogens is 316 g/mol. The van der Waals surface area contributed by atoms with Crippen molar-refractivity contribution in [1.82, 2.24) is 5.32 Å². The van der Waals surface area contributed by atoms with Crippen LogP contribution in [0.5, 0.6) is 0 Å². The Morgan fingerprint density at radius 3 is 2.70 bits per heavy atom. The molecular formula is C16H25BrN2O. The number of benzene rings is 1. The number of anilines is 1. The van der Waals surface area contributed by atoms with E-state index in [1.807, 2.05) is 0 Å². The Morgan fingerprint density at radius 2 is 2.10 bits per heavy atom. The van der Waals surface area contributed by atoms with Gasteiger partial charge < -0.3 is 15.0 Å². The summed E-state index contributed by atoms with van der Waals surface area (Å²) in [5, 5.41) is 3.45. The first-order valence-corrected chi connectivity index (χ1v) is 8.26. The lowest BCUT2D eigenvalue weighted by Crippen LogP contribution is -2.36. The Hall–Kier alpha value is -0.580. The second kappa shape index (κ2) is 7.43. The first-order valence-electron chi connectivity index (χ1n) is 7.47. The average molecular weight is 341 g/mol. The van der Waals surface area contributed by atoms with Crippen molar-refractivity contribution in [2.45, 2.75) is 38.8 Å². The molecule has 1 aliphatic rings. The molecule has 1 fully saturated rings. The predicted molar refractivity (Wildman–Crippen MR) is 88.5 cm³/mol. The van der Waals surface area contributed by atoms with E-state index in [1.54, 1.807) is 0 Å². The van der Waals surface area contributed by atoms with E-state index in [1.165, 1.54) is 15.7 Å². The maximum atomic E-state index is 5.44. The Balaban J connectivity index is 2.11. The van der Waals surface area contributed by atoms with Crippen molar-refractivity contribution in [2.75, 3.05) is 31.7 Å². The monoisotopic (exact) mass is 340 g/mol. The molecule has 112 valence electrons. The summed E-state index contributed by atoms with van der Waals surface area (Å²) in [4.78, 5) is 2.38. The highest BCUT2D eigenvalue weighted by Crippen LogP contribution is 2.30. The van der Waals surface area contributed by atoms with Crippen molar-refractivity contribution >= 4 is 21.6 Å². The largest absolute Gasteiger partial charge is 0.381 e. The minimum atomic E-state index is 0.372. The maximum Gasteiger partial charge on any atom is 0.0485 e. The van der Waals surface area contributed by atoms with Crippen LogP contribution in [0.4, 0.5) is 5.69 Å². The lowest BCUT2D eigenvalue weighted by molar-refractivity contribution is 0.0855. The maximum absolute atomic E-state index is 5.44. The molecule has 0 saturated carbocycles. The topological polar surface area (TPSA) is 24.5 Å². The molecule has 1 N–H and O–H groups in total. The molecule has 0 amide bonds. The molecule has 2 rings (SSSR count). The van der Waals surface area contributed by atoms with Gasteiger partial charge in [0.15, 0.2) is 0 Å². The zero-order chi connectivity index (χ0) is 14.5. The molecule has 1 atom stereocenters. The summed E-state index contributed by atoms with van der Waals surface area (Å²) in [6.45, 7) is 7.08. The SMILES string of the molecule is CCNC(C)c1ccc(N(C)C2CCOCC2)cc1Br. The standard InChI is InChI=1S/C16H25BrN2O/c1-4-18-12(2)15-6-5-14(11-16(15)17)19(3)13-7-9-20-10-8-13/h5-6,11-13,18H,4,7-10H2,1-3H3. The quantitative estimate of drug-likeness (QED) is 0.883. The number of nitrogens with zero attached hydrogens (tertiary/aromatic N) is 1. The molecule has 3 nitrogen and oxygen atoms in total. The van der Waals surface area contributed by atoms with Crippen molar-refractivity contribution in [3.8, 4) is 0 Å². The van der Waals surface area contributed by atoms with Crippen LogP contribution in [-0.2, 0) is 4.74 Å². The van der Waals surface area contributed by atoms with Gasteiger partial charge in [0.05, 0.1) is 0 Å². The molecule has 4 heteroatoms. The van der Waals surface area contributed by atoms with Gasteiger partial charge in [0, 0.05) is 42.5 Å². The lowest BCUT2D eigenvalue weighted by atomic mass is 10.0. The van der Waals surface area contributed by atoms with E-state index in [0.29, 0.717) is 12.1 Å². The Labute approximate surface area is 130 Å². The summed E-state index contributed by atoms with van der Waals surface area (Å²) in [6.07, 6.45) is 2.23. The third-order valence-electron chi connectivity index (χ3n) is 4.11. The second-order valence-corrected chi connectivity index (χ2v) is 6.29. The molecule has 0 aliphatic carbocycles. The number of rotatable bonds is 5. The van der Waals surface area contributed by atoms with E-state index in [9.17, 15) is 0 Å². The van der Waals surface area contributed by atoms with Crippen LogP contribution in [0.25, 0.3) is 0 Å². The van der Waals surface area contributed by atoms with Gasteiger partial charge in [-0.1, -0.05) is 28.9 Å². The fourth-order valence-electron chi connectivity index (χ4n) is 2.79. The van der Waals surface area contributed by atoms with Crippen LogP contribution in [-0.4, -0.2) is 32.8 Å². The van der Waals surface area contributed by atoms with E-state index < -0.39 is 0 Å². The highest BCUT2D eigenvalue weighted by molar-refractivity contribution is 9.10. The third kappa shape index (κ3) is 3.74. The van der Waals surface area contributed by atoms with Crippen molar-refractivity contribution in [1.29, 1.82) is 0 Å². The van der Waals surface area contributed by atoms with Crippen LogP contribution in [0.3, 0.4) is 0 Å². The van der Waals surface area contributed by atoms with Gasteiger partial charge in [-0.05, 0) is 44.0 Å². The molecule has 0 aromatic heterocycles. The summed E-state index contributed by atoms with van der Waals surface area (Å²) in [6, 6.07) is 7.65. The van der Waals surface area contributed by atoms with Gasteiger partial charge in [-0.25, -0.2) is 0 Å². The summed E-state index contributed by atoms with van der Waals surface area (Å²) in [5.74, 6) is 0. The van der Waals surface area contributed by atoms with Crippen LogP contribution in [0.1, 0.15) is 38.3 Å². The Kier molecular flexibility index (Phi) is 5.87. The zero-order valence-electron chi connectivity index (χ0n) is 12.7. The van der Waals surface area contributed by atoms with Crippen molar-refractivity contribution in [3.05, 3.63) is 28.2 Å². The van der Waals surface area contributed by atoms with Crippen molar-refractivity contribution in [3.63, 3.8) is 0 Å². The first-order chi connectivity index (χ1) is 9.63. The van der Waals surface area contributed by atoms with E-state index >= 15 is 0 Å². The highest BCUT2D eigenvalue weighted by atomic mass is 79.9. The van der Waals surface area contributed by atoms with Gasteiger partial charge in [0.25, 0.3) is 0 Å². The summed E-state index contributed by atoms with van der Waals surface area (Å²) >= 11 is 3.72. The zero-order valence-corrected chi connectivity index (χ0v) is 14.2. The van der Waals surface area contributed by atoms with Gasteiger partial charge in [0.1, 0.15) is 0 Å². The van der Waals surface area contributed by atoms with Crippen LogP contribution in [0, 0.1) is 0 Å². The molecule has 1 aromatic rings. The van der Waals surface area contributed by atoms with E-state index in [0.717, 1.165) is 32.6 Å². The lowest BCUT2D eigenvalue weighted by Gasteiger charge is -2.33. The average Bonchev–Trinajstić information content (AvgIpc) is 2.47. The Bertz CT molecular complexity index is 432. The summed E-state index contributed by atoms with van der Waals surface area (Å²) in [7, 11) is 2.19. The van der Waals surface area contributed by atoms with Gasteiger partial charge in [-0.3, -0.25) is 0 Å². The molecule has 0 spiro atoms. The molecule has 1 saturated heterocycles. The van der Waals surface area contributed by atoms with Crippen LogP contribution >= 0.6 is 15.9 Å². The summed E-state index contributed by atoms with van der Waals surface area (Å²) in [5.41, 5.74) is 2.59. The first kappa shape index (κ1) is 15.8. The van der Waals surface area contributed by atoms with E-state index in [-0.39, 0.29) is 0 Å². The van der Waals surface area contributed by atoms with Gasteiger partial charge in [0.2, 0.25) is 0 Å². The van der Waals surface area contributed by atoms with Gasteiger partial charge in [-0.15, -0.1) is 0 Å². The predicted octanol–water partition coefficient (Wildman–Crippen LogP) is 3.73. The third-order valence-corrected chi connectivity index (χ3v) is 4.79. The number of ether oxygens (including phenoxy) is 1. The molecule has 20 heavy (non-hydrogen) atoms. The molecule has 1 aromatic carbocycles. The minimum Gasteiger partial charge on any atom is -0.381 e. The van der Waals surface area contributed by atoms with Gasteiger partial charge >= 0.3 is 0 Å². The van der Waals surface area contributed by atoms with Crippen molar-refractivity contribution < 1.29 is 4.74 Å². The second-order valence-electron chi connectivity index (χ2n) is 5.44. The number of halogens is 1. The van der Waals surface area contributed by atoms with E-state index in [4.69, 9.17) is 4.74 Å². The van der Waals surface area contributed by atoms with Crippen molar-refractivity contribution in [2.24, 2.45) is 0 Å². The minimum absolute atomic E-state index is 0.372. The normalized spacial score (nSPS) is 18.0. The smallest absolute Gasteiger partial charge is 0.0485 e. The number of hydrogen-bond donors (Lipinski definition) is 1. The Morgan fingerprint density at radius 1 is 1.40 bits per heavy atom. The number of hydrogen-bond acceptors (Lipinski definition) is 3. The highest BCUT2D eigenvalue weighted by Gasteiger charge is 2.19. The van der Waals surface area contributed by atoms with E-state index in [2.05, 4.69) is 65.2 Å². The van der Waals surface area contributed by atoms with Crippen LogP contribution < -0.4 is 10.2 Å². The fourth-order valence-corrected chi connectivity index (χ4v) is 3.50. The number of nitrogens with one attached hydrogen (secondary N) is 1. The fraction of sp³-hybridized carbons (Fsp3) is 0.625. The molecule has 1 heterocycles. The molecule has 1 aliphatic heterocycles. The molecule has 0 bridgehead atoms. The van der Waals surface area contributed by atoms with Gasteiger partial charge in [-0.2, -0.15) is 0 Å². The van der Waals surface area contributed by atoms with Crippen LogP contribution in [0.2, 0.25) is 0 Å². The van der Waals surface area contributed by atoms with Crippen LogP contribution in [0.15, 0.2) is 22.7 Å². The summed E-state index contributed by atoms with van der Waals surface area (Å²) < 4.78 is 6.63. The molecule has 0 radical (unpaired) electrons.